The topological polar surface area (TPSA) is 37.3 Å². The summed E-state index contributed by atoms with van der Waals surface area (Å²) in [6, 6.07) is 8.86. The molecule has 0 aromatic heterocycles. The molecule has 72 valence electrons. The second kappa shape index (κ2) is 4.22. The molecule has 0 heterocycles. The molecular weight excluding hydrogens is 231 g/mol. The highest BCUT2D eigenvalue weighted by Crippen LogP contribution is 2.64. The van der Waals surface area contributed by atoms with E-state index in [1.807, 2.05) is 6.07 Å². The van der Waals surface area contributed by atoms with Gasteiger partial charge in [0.25, 0.3) is 0 Å². The SMILES string of the molecule is O=C(O)CS(Cl)(Cl)c1ccccc1. The number of carboxylic acid groups (broad SMARTS) is 1. The fourth-order valence-electron chi connectivity index (χ4n) is 0.858. The molecule has 1 aromatic carbocycles. The van der Waals surface area contributed by atoms with Gasteiger partial charge in [0, 0.05) is 4.90 Å². The Balaban J connectivity index is 2.87. The summed E-state index contributed by atoms with van der Waals surface area (Å²) in [7, 11) is 9.63. The quantitative estimate of drug-likeness (QED) is 0.879. The molecule has 1 N–H and O–H groups in total. The summed E-state index contributed by atoms with van der Waals surface area (Å²) in [5.41, 5.74) is 0. The van der Waals surface area contributed by atoms with Crippen molar-refractivity contribution in [3.05, 3.63) is 30.3 Å². The second-order valence-corrected chi connectivity index (χ2v) is 7.97. The van der Waals surface area contributed by atoms with Gasteiger partial charge in [0.2, 0.25) is 0 Å². The molecule has 0 aliphatic carbocycles. The zero-order valence-electron chi connectivity index (χ0n) is 6.61. The Kier molecular flexibility index (Phi) is 3.47. The van der Waals surface area contributed by atoms with Crippen molar-refractivity contribution < 1.29 is 9.90 Å². The maximum atomic E-state index is 10.4. The molecule has 0 unspecified atom stereocenters. The Labute approximate surface area is 86.8 Å². The van der Waals surface area contributed by atoms with Gasteiger partial charge in [0.1, 0.15) is 5.75 Å². The predicted molar refractivity (Wildman–Crippen MR) is 56.5 cm³/mol. The van der Waals surface area contributed by atoms with Crippen molar-refractivity contribution in [2.24, 2.45) is 0 Å². The Morgan fingerprint density at radius 1 is 1.31 bits per heavy atom. The molecule has 0 radical (unpaired) electrons. The van der Waals surface area contributed by atoms with Crippen molar-refractivity contribution in [1.29, 1.82) is 0 Å². The third kappa shape index (κ3) is 3.10. The second-order valence-electron chi connectivity index (χ2n) is 2.43. The van der Waals surface area contributed by atoms with Crippen molar-refractivity contribution in [2.45, 2.75) is 4.90 Å². The minimum Gasteiger partial charge on any atom is -0.481 e. The highest BCUT2D eigenvalue weighted by atomic mass is 36.0. The molecule has 0 amide bonds. The van der Waals surface area contributed by atoms with Gasteiger partial charge in [-0.25, -0.2) is 0 Å². The molecule has 2 nitrogen and oxygen atoms in total. The van der Waals surface area contributed by atoms with Crippen LogP contribution in [0.5, 0.6) is 0 Å². The molecule has 0 aliphatic rings. The van der Waals surface area contributed by atoms with Crippen LogP contribution < -0.4 is 0 Å². The van der Waals surface area contributed by atoms with Crippen molar-refractivity contribution in [3.8, 4) is 0 Å². The Morgan fingerprint density at radius 2 is 1.85 bits per heavy atom. The Bertz CT molecular complexity index is 300. The normalized spacial score (nSPS) is 12.5. The molecule has 0 saturated heterocycles. The molecule has 1 aromatic rings. The van der Waals surface area contributed by atoms with Gasteiger partial charge in [-0.05, 0) is 42.0 Å². The van der Waals surface area contributed by atoms with Gasteiger partial charge in [-0.2, -0.15) is 0 Å². The number of carbonyl (C=O) groups is 1. The van der Waals surface area contributed by atoms with Gasteiger partial charge < -0.3 is 5.11 Å². The van der Waals surface area contributed by atoms with Crippen molar-refractivity contribution in [1.82, 2.24) is 0 Å². The van der Waals surface area contributed by atoms with Gasteiger partial charge in [0.05, 0.1) is 0 Å². The Morgan fingerprint density at radius 3 is 2.31 bits per heavy atom. The number of rotatable bonds is 3. The van der Waals surface area contributed by atoms with Crippen LogP contribution in [0.3, 0.4) is 0 Å². The number of aliphatic carboxylic acids is 1. The van der Waals surface area contributed by atoms with Crippen LogP contribution in [0.4, 0.5) is 0 Å². The van der Waals surface area contributed by atoms with Crippen LogP contribution in [0, 0.1) is 0 Å². The fraction of sp³-hybridized carbons (Fsp3) is 0.125. The average Bonchev–Trinajstić information content (AvgIpc) is 2.04. The van der Waals surface area contributed by atoms with Gasteiger partial charge in [-0.3, -0.25) is 4.79 Å². The van der Waals surface area contributed by atoms with E-state index in [1.54, 1.807) is 24.3 Å². The van der Waals surface area contributed by atoms with Crippen LogP contribution in [-0.4, -0.2) is 16.8 Å². The first-order chi connectivity index (χ1) is 6.02. The van der Waals surface area contributed by atoms with Crippen LogP contribution in [0.15, 0.2) is 35.2 Å². The summed E-state index contributed by atoms with van der Waals surface area (Å²) in [5, 5.41) is 8.56. The van der Waals surface area contributed by atoms with E-state index in [-0.39, 0.29) is 5.75 Å². The molecule has 0 bridgehead atoms. The third-order valence-electron chi connectivity index (χ3n) is 1.39. The van der Waals surface area contributed by atoms with Crippen molar-refractivity contribution >= 4 is 35.8 Å². The van der Waals surface area contributed by atoms with Gasteiger partial charge >= 0.3 is 5.97 Å². The van der Waals surface area contributed by atoms with E-state index in [0.29, 0.717) is 4.90 Å². The van der Waals surface area contributed by atoms with E-state index < -0.39 is 14.4 Å². The van der Waals surface area contributed by atoms with E-state index in [2.05, 4.69) is 0 Å². The molecule has 0 saturated carbocycles. The number of halogens is 2. The van der Waals surface area contributed by atoms with Crippen molar-refractivity contribution in [2.75, 3.05) is 5.75 Å². The number of hydrogen-bond acceptors (Lipinski definition) is 1. The lowest BCUT2D eigenvalue weighted by atomic mass is 10.4. The van der Waals surface area contributed by atoms with Crippen LogP contribution in [0.2, 0.25) is 0 Å². The first kappa shape index (κ1) is 10.7. The zero-order valence-corrected chi connectivity index (χ0v) is 8.94. The molecule has 5 heteroatoms. The maximum absolute atomic E-state index is 10.4. The molecule has 13 heavy (non-hydrogen) atoms. The summed E-state index contributed by atoms with van der Waals surface area (Å²) in [4.78, 5) is 11.1. The number of carboxylic acids is 1. The van der Waals surface area contributed by atoms with E-state index in [1.165, 1.54) is 0 Å². The largest absolute Gasteiger partial charge is 0.481 e. The minimum atomic E-state index is -2.21. The summed E-state index contributed by atoms with van der Waals surface area (Å²) in [6.45, 7) is 0. The van der Waals surface area contributed by atoms with Crippen LogP contribution in [0.1, 0.15) is 0 Å². The standard InChI is InChI=1S/C8H8Cl2O2S/c9-13(10,6-8(11)12)7-4-2-1-3-5-7/h1-5H,6H2,(H,11,12). The van der Waals surface area contributed by atoms with Gasteiger partial charge in [-0.1, -0.05) is 18.2 Å². The Hall–Kier alpha value is -0.380. The molecule has 0 aliphatic heterocycles. The summed E-state index contributed by atoms with van der Waals surface area (Å²) < 4.78 is 0. The first-order valence-electron chi connectivity index (χ1n) is 3.49. The van der Waals surface area contributed by atoms with Gasteiger partial charge in [0.15, 0.2) is 0 Å². The molecule has 1 rings (SSSR count). The molecular formula is C8H8Cl2O2S. The van der Waals surface area contributed by atoms with E-state index >= 15 is 0 Å². The summed E-state index contributed by atoms with van der Waals surface area (Å²) >= 11 is 0. The molecule has 0 atom stereocenters. The van der Waals surface area contributed by atoms with E-state index in [4.69, 9.17) is 26.5 Å². The molecule has 0 fully saturated rings. The summed E-state index contributed by atoms with van der Waals surface area (Å²) in [5.74, 6) is -1.20. The smallest absolute Gasteiger partial charge is 0.314 e. The maximum Gasteiger partial charge on any atom is 0.314 e. The highest BCUT2D eigenvalue weighted by molar-refractivity contribution is 8.66. The number of hydrogen-bond donors (Lipinski definition) is 1. The lowest BCUT2D eigenvalue weighted by molar-refractivity contribution is -0.133. The highest BCUT2D eigenvalue weighted by Gasteiger charge is 2.23. The zero-order chi connectivity index (χ0) is 9.90. The monoisotopic (exact) mass is 238 g/mol. The first-order valence-corrected chi connectivity index (χ1v) is 6.95. The number of benzene rings is 1. The minimum absolute atomic E-state index is 0.222. The lowest BCUT2D eigenvalue weighted by Gasteiger charge is -2.22. The third-order valence-corrected chi connectivity index (χ3v) is 4.69. The summed E-state index contributed by atoms with van der Waals surface area (Å²) in [6.07, 6.45) is 0. The fourth-order valence-corrected chi connectivity index (χ4v) is 3.07. The van der Waals surface area contributed by atoms with E-state index in [9.17, 15) is 4.79 Å². The average molecular weight is 239 g/mol. The van der Waals surface area contributed by atoms with Crippen LogP contribution in [-0.2, 0) is 4.79 Å². The van der Waals surface area contributed by atoms with Crippen LogP contribution in [0.25, 0.3) is 0 Å². The molecule has 0 spiro atoms. The van der Waals surface area contributed by atoms with E-state index in [0.717, 1.165) is 0 Å². The lowest BCUT2D eigenvalue weighted by Crippen LogP contribution is -2.05. The predicted octanol–water partition coefficient (Wildman–Crippen LogP) is 3.24. The van der Waals surface area contributed by atoms with Crippen LogP contribution >= 0.6 is 29.8 Å². The van der Waals surface area contributed by atoms with Crippen molar-refractivity contribution in [3.63, 3.8) is 0 Å². The van der Waals surface area contributed by atoms with Gasteiger partial charge in [-0.15, -0.1) is 0 Å².